The van der Waals surface area contributed by atoms with E-state index in [1.54, 1.807) is 18.7 Å². The molecule has 148 valence electrons. The zero-order valence-electron chi connectivity index (χ0n) is 16.0. The van der Waals surface area contributed by atoms with Gasteiger partial charge in [0.25, 0.3) is 0 Å². The summed E-state index contributed by atoms with van der Waals surface area (Å²) in [4.78, 5) is 0. The summed E-state index contributed by atoms with van der Waals surface area (Å²) >= 11 is 1.57. The second kappa shape index (κ2) is 8.21. The quantitative estimate of drug-likeness (QED) is 0.383. The summed E-state index contributed by atoms with van der Waals surface area (Å²) in [7, 11) is 1.85. The molecule has 0 saturated carbocycles. The van der Waals surface area contributed by atoms with Crippen molar-refractivity contribution in [2.24, 2.45) is 7.05 Å². The fraction of sp³-hybridized carbons (Fsp3) is 0.182. The molecular weight excluding hydrogens is 392 g/mol. The Morgan fingerprint density at radius 1 is 1.03 bits per heavy atom. The van der Waals surface area contributed by atoms with E-state index in [1.165, 1.54) is 22.4 Å². The number of fused-ring (bicyclic) bond motifs is 1. The van der Waals surface area contributed by atoms with Gasteiger partial charge in [-0.25, -0.2) is 8.78 Å². The van der Waals surface area contributed by atoms with Crippen molar-refractivity contribution in [2.75, 3.05) is 0 Å². The van der Waals surface area contributed by atoms with E-state index >= 15 is 0 Å². The first kappa shape index (κ1) is 19.4. The van der Waals surface area contributed by atoms with Gasteiger partial charge in [0.1, 0.15) is 5.82 Å². The van der Waals surface area contributed by atoms with Crippen LogP contribution >= 0.6 is 11.8 Å². The number of nitrogens with zero attached hydrogens (tertiary/aromatic N) is 3. The molecule has 0 N–H and O–H groups in total. The molecule has 7 heteroatoms. The highest BCUT2D eigenvalue weighted by atomic mass is 32.2. The van der Waals surface area contributed by atoms with E-state index in [2.05, 4.69) is 34.5 Å². The lowest BCUT2D eigenvalue weighted by atomic mass is 10.1. The van der Waals surface area contributed by atoms with Crippen LogP contribution in [0.15, 0.2) is 65.8 Å². The number of halogens is 2. The van der Waals surface area contributed by atoms with Gasteiger partial charge in [0.15, 0.2) is 28.7 Å². The zero-order valence-corrected chi connectivity index (χ0v) is 16.8. The molecule has 0 amide bonds. The van der Waals surface area contributed by atoms with Crippen molar-refractivity contribution in [1.29, 1.82) is 0 Å². The Morgan fingerprint density at radius 2 is 1.83 bits per heavy atom. The number of hydrogen-bond donors (Lipinski definition) is 0. The van der Waals surface area contributed by atoms with Gasteiger partial charge in [-0.2, -0.15) is 0 Å². The van der Waals surface area contributed by atoms with Crippen molar-refractivity contribution in [2.45, 2.75) is 23.9 Å². The first-order valence-electron chi connectivity index (χ1n) is 9.13. The van der Waals surface area contributed by atoms with Crippen molar-refractivity contribution in [3.05, 3.63) is 83.7 Å². The number of benzene rings is 3. The van der Waals surface area contributed by atoms with Crippen molar-refractivity contribution >= 4 is 22.5 Å². The van der Waals surface area contributed by atoms with Crippen LogP contribution in [-0.4, -0.2) is 14.8 Å². The fourth-order valence-corrected chi connectivity index (χ4v) is 4.10. The van der Waals surface area contributed by atoms with Gasteiger partial charge < -0.3 is 9.30 Å². The molecule has 0 aliphatic rings. The smallest absolute Gasteiger partial charge is 0.191 e. The van der Waals surface area contributed by atoms with Crippen LogP contribution in [0, 0.1) is 11.6 Å². The third-order valence-electron chi connectivity index (χ3n) is 4.67. The van der Waals surface area contributed by atoms with E-state index in [9.17, 15) is 8.78 Å². The molecule has 0 spiro atoms. The van der Waals surface area contributed by atoms with Crippen LogP contribution < -0.4 is 4.74 Å². The molecule has 4 rings (SSSR count). The molecule has 1 atom stereocenters. The number of thioether (sulfide) groups is 1. The average Bonchev–Trinajstić information content (AvgIpc) is 3.09. The zero-order chi connectivity index (χ0) is 20.4. The maximum Gasteiger partial charge on any atom is 0.191 e. The van der Waals surface area contributed by atoms with E-state index in [0.29, 0.717) is 5.82 Å². The summed E-state index contributed by atoms with van der Waals surface area (Å²) in [6.07, 6.45) is -0.542. The average molecular weight is 411 g/mol. The predicted molar refractivity (Wildman–Crippen MR) is 110 cm³/mol. The highest BCUT2D eigenvalue weighted by Crippen LogP contribution is 2.29. The third-order valence-corrected chi connectivity index (χ3v) is 5.74. The van der Waals surface area contributed by atoms with Crippen LogP contribution in [0.4, 0.5) is 8.78 Å². The van der Waals surface area contributed by atoms with Gasteiger partial charge in [0.2, 0.25) is 0 Å². The minimum Gasteiger partial charge on any atom is -0.480 e. The fourth-order valence-electron chi connectivity index (χ4n) is 3.18. The van der Waals surface area contributed by atoms with E-state index in [-0.39, 0.29) is 5.75 Å². The van der Waals surface area contributed by atoms with Crippen LogP contribution in [0.25, 0.3) is 10.8 Å². The van der Waals surface area contributed by atoms with Crippen molar-refractivity contribution < 1.29 is 13.5 Å². The number of rotatable bonds is 6. The highest BCUT2D eigenvalue weighted by Gasteiger charge is 2.19. The Morgan fingerprint density at radius 3 is 2.66 bits per heavy atom. The van der Waals surface area contributed by atoms with Crippen LogP contribution in [0.2, 0.25) is 0 Å². The molecule has 4 aromatic rings. The first-order valence-corrected chi connectivity index (χ1v) is 10.1. The molecule has 1 heterocycles. The maximum absolute atomic E-state index is 13.9. The van der Waals surface area contributed by atoms with Gasteiger partial charge >= 0.3 is 0 Å². The van der Waals surface area contributed by atoms with E-state index in [4.69, 9.17) is 4.74 Å². The Bertz CT molecular complexity index is 1160. The molecule has 0 aliphatic carbocycles. The number of hydrogen-bond acceptors (Lipinski definition) is 4. The molecule has 0 saturated heterocycles. The van der Waals surface area contributed by atoms with Gasteiger partial charge in [0.05, 0.1) is 0 Å². The van der Waals surface area contributed by atoms with E-state index in [0.717, 1.165) is 23.0 Å². The second-order valence-electron chi connectivity index (χ2n) is 6.66. The number of ether oxygens (including phenoxy) is 1. The van der Waals surface area contributed by atoms with E-state index < -0.39 is 17.7 Å². The Hall–Kier alpha value is -2.93. The second-order valence-corrected chi connectivity index (χ2v) is 7.60. The molecule has 0 radical (unpaired) electrons. The lowest BCUT2D eigenvalue weighted by molar-refractivity contribution is 0.201. The minimum absolute atomic E-state index is 0.0214. The lowest BCUT2D eigenvalue weighted by Crippen LogP contribution is -2.11. The van der Waals surface area contributed by atoms with Crippen LogP contribution in [0.3, 0.4) is 0 Å². The Balaban J connectivity index is 1.49. The van der Waals surface area contributed by atoms with Gasteiger partial charge in [-0.1, -0.05) is 54.2 Å². The van der Waals surface area contributed by atoms with Gasteiger partial charge in [-0.3, -0.25) is 0 Å². The molecule has 29 heavy (non-hydrogen) atoms. The largest absolute Gasteiger partial charge is 0.480 e. The van der Waals surface area contributed by atoms with Gasteiger partial charge in [-0.05, 0) is 35.4 Å². The molecule has 0 aliphatic heterocycles. The summed E-state index contributed by atoms with van der Waals surface area (Å²) in [6.45, 7) is 1.76. The SMILES string of the molecule is CC(Oc1ccc(F)cc1F)c1nnc(SCc2cccc3ccccc23)n1C. The highest BCUT2D eigenvalue weighted by molar-refractivity contribution is 7.98. The maximum atomic E-state index is 13.9. The first-order chi connectivity index (χ1) is 14.0. The normalized spacial score (nSPS) is 12.3. The number of aromatic nitrogens is 3. The summed E-state index contributed by atoms with van der Waals surface area (Å²) in [6, 6.07) is 17.7. The topological polar surface area (TPSA) is 39.9 Å². The molecule has 3 aromatic carbocycles. The molecule has 0 fully saturated rings. The molecule has 4 nitrogen and oxygen atoms in total. The molecule has 0 bridgehead atoms. The third kappa shape index (κ3) is 4.10. The molecule has 1 unspecified atom stereocenters. The van der Waals surface area contributed by atoms with Gasteiger partial charge in [0, 0.05) is 18.9 Å². The Labute approximate surface area is 171 Å². The summed E-state index contributed by atoms with van der Waals surface area (Å²) in [5.74, 6) is -0.103. The van der Waals surface area contributed by atoms with Crippen molar-refractivity contribution in [3.63, 3.8) is 0 Å². The summed E-state index contributed by atoms with van der Waals surface area (Å²) < 4.78 is 34.4. The summed E-state index contributed by atoms with van der Waals surface area (Å²) in [5.41, 5.74) is 1.22. The summed E-state index contributed by atoms with van der Waals surface area (Å²) in [5, 5.41) is 11.6. The minimum atomic E-state index is -0.746. The van der Waals surface area contributed by atoms with E-state index in [1.807, 2.05) is 29.8 Å². The van der Waals surface area contributed by atoms with Crippen LogP contribution in [-0.2, 0) is 12.8 Å². The Kier molecular flexibility index (Phi) is 5.49. The lowest BCUT2D eigenvalue weighted by Gasteiger charge is -2.15. The van der Waals surface area contributed by atoms with Crippen LogP contribution in [0.5, 0.6) is 5.75 Å². The monoisotopic (exact) mass is 411 g/mol. The predicted octanol–water partition coefficient (Wildman–Crippen LogP) is 5.68. The van der Waals surface area contributed by atoms with Gasteiger partial charge in [-0.15, -0.1) is 10.2 Å². The molecular formula is C22H19F2N3OS. The van der Waals surface area contributed by atoms with Crippen molar-refractivity contribution in [1.82, 2.24) is 14.8 Å². The molecule has 1 aromatic heterocycles. The van der Waals surface area contributed by atoms with Crippen LogP contribution in [0.1, 0.15) is 24.4 Å². The standard InChI is InChI=1S/C22H19F2N3OS/c1-14(28-20-11-10-17(23)12-19(20)24)21-25-26-22(27(21)2)29-13-16-8-5-7-15-6-3-4-9-18(15)16/h3-12,14H,13H2,1-2H3. The van der Waals surface area contributed by atoms with Crippen molar-refractivity contribution in [3.8, 4) is 5.75 Å².